The molecule has 1 unspecified atom stereocenters. The normalized spacial score (nSPS) is 14.8. The molecule has 0 saturated carbocycles. The highest BCUT2D eigenvalue weighted by atomic mass is 32.2. The van der Waals surface area contributed by atoms with Gasteiger partial charge in [0.15, 0.2) is 0 Å². The zero-order chi connectivity index (χ0) is 4.28. The summed E-state index contributed by atoms with van der Waals surface area (Å²) in [5.74, 6) is 3.76. The minimum absolute atomic E-state index is 0.0170. The van der Waals surface area contributed by atoms with E-state index in [0.717, 1.165) is 0 Å². The van der Waals surface area contributed by atoms with Crippen molar-refractivity contribution in [2.45, 2.75) is 0 Å². The third-order valence-corrected chi connectivity index (χ3v) is 0.661. The summed E-state index contributed by atoms with van der Waals surface area (Å²) < 4.78 is 0. The summed E-state index contributed by atoms with van der Waals surface area (Å²) in [5, 5.41) is 8.09. The molecule has 1 nitrogen and oxygen atoms in total. The van der Waals surface area contributed by atoms with Gasteiger partial charge >= 0.3 is 0 Å². The van der Waals surface area contributed by atoms with E-state index in [1.807, 2.05) is 6.26 Å². The molecule has 0 spiro atoms. The van der Waals surface area contributed by atoms with Crippen LogP contribution in [0.5, 0.6) is 0 Å². The number of rotatable bonds is 1. The Morgan fingerprint density at radius 2 is 2.20 bits per heavy atom. The predicted octanol–water partition coefficient (Wildman–Crippen LogP) is 0.267. The number of aliphatic hydroxyl groups is 1. The average molecular weight is 92.2 g/mol. The molecular formula is C3H8OS. The molecule has 0 amide bonds. The molecule has 0 aromatic rings. The molecule has 1 N–H and O–H groups in total. The van der Waals surface area contributed by atoms with Crippen molar-refractivity contribution in [3.05, 3.63) is 0 Å². The van der Waals surface area contributed by atoms with Crippen molar-refractivity contribution >= 4 is 16.4 Å². The summed E-state index contributed by atoms with van der Waals surface area (Å²) in [5.41, 5.74) is 0. The minimum atomic E-state index is -0.0170. The fourth-order valence-corrected chi connectivity index (χ4v) is 0. The average Bonchev–Trinajstić information content (AvgIpc) is 1.38. The Bertz CT molecular complexity index is 42.2. The molecule has 0 aliphatic carbocycles. The van der Waals surface area contributed by atoms with Crippen LogP contribution in [0.3, 0.4) is 0 Å². The van der Waals surface area contributed by atoms with Gasteiger partial charge in [-0.25, -0.2) is 0 Å². The van der Waals surface area contributed by atoms with Crippen molar-refractivity contribution in [1.82, 2.24) is 0 Å². The van der Waals surface area contributed by atoms with Crippen molar-refractivity contribution in [1.29, 1.82) is 0 Å². The highest BCUT2D eigenvalue weighted by molar-refractivity contribution is 8.13. The number of hydrogen-bond acceptors (Lipinski definition) is 1. The molecule has 0 saturated heterocycles. The van der Waals surface area contributed by atoms with Crippen molar-refractivity contribution in [2.24, 2.45) is 0 Å². The highest BCUT2D eigenvalue weighted by Crippen LogP contribution is 1.94. The smallest absolute Gasteiger partial charge is 0.0831 e. The highest BCUT2D eigenvalue weighted by Gasteiger charge is 1.65. The van der Waals surface area contributed by atoms with Gasteiger partial charge in [0.2, 0.25) is 0 Å². The maximum absolute atomic E-state index is 8.09. The van der Waals surface area contributed by atoms with E-state index in [0.29, 0.717) is 0 Å². The molecular weight excluding hydrogens is 84.1 g/mol. The molecule has 1 atom stereocenters. The van der Waals surface area contributed by atoms with Crippen LogP contribution < -0.4 is 0 Å². The van der Waals surface area contributed by atoms with Gasteiger partial charge in [-0.3, -0.25) is 0 Å². The van der Waals surface area contributed by atoms with E-state index in [4.69, 9.17) is 5.11 Å². The topological polar surface area (TPSA) is 20.2 Å². The van der Waals surface area contributed by atoms with Crippen LogP contribution in [-0.2, 0) is 0 Å². The standard InChI is InChI=1S/C3H8OS/c1-5(2)3-4/h4H,1,3H2,2H3. The van der Waals surface area contributed by atoms with Gasteiger partial charge in [-0.15, -0.1) is 0 Å². The van der Waals surface area contributed by atoms with Crippen LogP contribution in [0.15, 0.2) is 0 Å². The van der Waals surface area contributed by atoms with Crippen LogP contribution >= 0.6 is 10.5 Å². The Morgan fingerprint density at radius 3 is 2.20 bits per heavy atom. The summed E-state index contributed by atoms with van der Waals surface area (Å²) in [6, 6.07) is 0. The first kappa shape index (κ1) is 5.18. The molecule has 0 aliphatic heterocycles. The molecule has 0 rings (SSSR count). The first-order chi connectivity index (χ1) is 2.27. The van der Waals surface area contributed by atoms with Gasteiger partial charge in [0.25, 0.3) is 0 Å². The zero-order valence-electron chi connectivity index (χ0n) is 3.27. The summed E-state index contributed by atoms with van der Waals surface area (Å²) >= 11 is 0. The Balaban J connectivity index is 2.85. The molecule has 0 radical (unpaired) electrons. The lowest BCUT2D eigenvalue weighted by Gasteiger charge is -1.83. The lowest BCUT2D eigenvalue weighted by Crippen LogP contribution is -1.69. The third kappa shape index (κ3) is 4.18. The quantitative estimate of drug-likeness (QED) is 0.460. The lowest BCUT2D eigenvalue weighted by molar-refractivity contribution is 0.375. The van der Waals surface area contributed by atoms with Crippen molar-refractivity contribution in [2.75, 3.05) is 12.2 Å². The van der Waals surface area contributed by atoms with E-state index in [2.05, 4.69) is 5.87 Å². The van der Waals surface area contributed by atoms with Crippen LogP contribution in [0.4, 0.5) is 0 Å². The predicted molar refractivity (Wildman–Crippen MR) is 27.7 cm³/mol. The van der Waals surface area contributed by atoms with Crippen molar-refractivity contribution in [3.63, 3.8) is 0 Å². The van der Waals surface area contributed by atoms with Crippen molar-refractivity contribution < 1.29 is 5.11 Å². The second-order valence-corrected chi connectivity index (χ2v) is 2.73. The third-order valence-electron chi connectivity index (χ3n) is 0.220. The van der Waals surface area contributed by atoms with Crippen LogP contribution in [0, 0.1) is 0 Å². The summed E-state index contributed by atoms with van der Waals surface area (Å²) in [6.07, 6.45) is 1.89. The molecule has 32 valence electrons. The molecule has 0 fully saturated rings. The monoisotopic (exact) mass is 92.0 g/mol. The van der Waals surface area contributed by atoms with Gasteiger partial charge in [0.1, 0.15) is 0 Å². The Hall–Kier alpha value is 0.180. The maximum atomic E-state index is 8.09. The molecule has 0 aromatic carbocycles. The fourth-order valence-electron chi connectivity index (χ4n) is 0. The van der Waals surface area contributed by atoms with Gasteiger partial charge in [-0.05, 0) is 6.26 Å². The molecule has 2 heteroatoms. The van der Waals surface area contributed by atoms with Gasteiger partial charge < -0.3 is 5.11 Å². The first-order valence-corrected chi connectivity index (χ1v) is 3.27. The zero-order valence-corrected chi connectivity index (χ0v) is 4.09. The molecule has 0 aliphatic rings. The Labute approximate surface area is 34.6 Å². The number of aliphatic hydroxyl groups excluding tert-OH is 1. The second-order valence-electron chi connectivity index (χ2n) is 0.911. The van der Waals surface area contributed by atoms with E-state index in [-0.39, 0.29) is 16.4 Å². The van der Waals surface area contributed by atoms with Crippen molar-refractivity contribution in [3.8, 4) is 0 Å². The van der Waals surface area contributed by atoms with Crippen LogP contribution in [0.1, 0.15) is 0 Å². The van der Waals surface area contributed by atoms with Gasteiger partial charge in [-0.1, -0.05) is 5.87 Å². The first-order valence-electron chi connectivity index (χ1n) is 1.30. The van der Waals surface area contributed by atoms with E-state index in [9.17, 15) is 0 Å². The Morgan fingerprint density at radius 1 is 2.00 bits per heavy atom. The SMILES string of the molecule is C=S(C)CO. The minimum Gasteiger partial charge on any atom is -0.386 e. The molecule has 0 bridgehead atoms. The molecule has 0 heterocycles. The second kappa shape index (κ2) is 2.42. The van der Waals surface area contributed by atoms with E-state index in [1.54, 1.807) is 0 Å². The van der Waals surface area contributed by atoms with E-state index < -0.39 is 0 Å². The summed E-state index contributed by atoms with van der Waals surface area (Å²) in [6.45, 7) is 0. The van der Waals surface area contributed by atoms with Gasteiger partial charge in [-0.2, -0.15) is 10.5 Å². The maximum Gasteiger partial charge on any atom is 0.0831 e. The lowest BCUT2D eigenvalue weighted by atomic mass is 11.7. The number of hydrogen-bond donors (Lipinski definition) is 1. The van der Waals surface area contributed by atoms with E-state index in [1.165, 1.54) is 0 Å². The van der Waals surface area contributed by atoms with E-state index >= 15 is 0 Å². The fraction of sp³-hybridized carbons (Fsp3) is 0.667. The van der Waals surface area contributed by atoms with Gasteiger partial charge in [0.05, 0.1) is 5.94 Å². The molecule has 5 heavy (non-hydrogen) atoms. The van der Waals surface area contributed by atoms with Crippen LogP contribution in [-0.4, -0.2) is 23.2 Å². The molecule has 0 aromatic heterocycles. The Kier molecular flexibility index (Phi) is 2.51. The van der Waals surface area contributed by atoms with Crippen LogP contribution in [0.25, 0.3) is 0 Å². The van der Waals surface area contributed by atoms with Gasteiger partial charge in [0, 0.05) is 0 Å². The largest absolute Gasteiger partial charge is 0.386 e. The summed E-state index contributed by atoms with van der Waals surface area (Å²) in [7, 11) is -0.0170. The van der Waals surface area contributed by atoms with Crippen LogP contribution in [0.2, 0.25) is 0 Å². The summed E-state index contributed by atoms with van der Waals surface area (Å²) in [4.78, 5) is 0.